The SMILES string of the molecule is COCCc1nsc(N2CCCN(C(=O)c3cccc(C)c3)CC2)n1. The third kappa shape index (κ3) is 4.55. The van der Waals surface area contributed by atoms with E-state index in [4.69, 9.17) is 4.74 Å². The van der Waals surface area contributed by atoms with Gasteiger partial charge in [0.25, 0.3) is 5.91 Å². The number of anilines is 1. The molecule has 0 unspecified atom stereocenters. The fraction of sp³-hybridized carbons (Fsp3) is 0.500. The van der Waals surface area contributed by atoms with Crippen molar-refractivity contribution in [1.29, 1.82) is 0 Å². The van der Waals surface area contributed by atoms with Crippen molar-refractivity contribution in [2.45, 2.75) is 19.8 Å². The average Bonchev–Trinajstić information content (AvgIpc) is 2.95. The first-order chi connectivity index (χ1) is 12.2. The molecule has 0 aliphatic carbocycles. The Kier molecular flexibility index (Phi) is 5.99. The number of benzene rings is 1. The number of aryl methyl sites for hydroxylation is 1. The number of methoxy groups -OCH3 is 1. The minimum Gasteiger partial charge on any atom is -0.384 e. The number of nitrogens with zero attached hydrogens (tertiary/aromatic N) is 4. The summed E-state index contributed by atoms with van der Waals surface area (Å²) in [6.07, 6.45) is 1.67. The Morgan fingerprint density at radius 1 is 1.28 bits per heavy atom. The Morgan fingerprint density at radius 3 is 2.96 bits per heavy atom. The van der Waals surface area contributed by atoms with Gasteiger partial charge in [0.2, 0.25) is 5.13 Å². The summed E-state index contributed by atoms with van der Waals surface area (Å²) in [6.45, 7) is 5.82. The molecule has 0 N–H and O–H groups in total. The number of hydrogen-bond acceptors (Lipinski definition) is 6. The molecule has 7 heteroatoms. The molecule has 0 atom stereocenters. The predicted molar refractivity (Wildman–Crippen MR) is 99.4 cm³/mol. The van der Waals surface area contributed by atoms with Crippen LogP contribution in [0.4, 0.5) is 5.13 Å². The molecular weight excluding hydrogens is 336 g/mol. The van der Waals surface area contributed by atoms with Crippen LogP contribution in [0.1, 0.15) is 28.2 Å². The first-order valence-corrected chi connectivity index (χ1v) is 9.37. The number of carbonyl (C=O) groups excluding carboxylic acids is 1. The molecule has 1 aromatic carbocycles. The highest BCUT2D eigenvalue weighted by Crippen LogP contribution is 2.20. The highest BCUT2D eigenvalue weighted by molar-refractivity contribution is 7.09. The summed E-state index contributed by atoms with van der Waals surface area (Å²) >= 11 is 1.43. The van der Waals surface area contributed by atoms with Crippen LogP contribution in [-0.4, -0.2) is 60.1 Å². The number of aromatic nitrogens is 2. The molecule has 1 aliphatic heterocycles. The van der Waals surface area contributed by atoms with Crippen molar-refractivity contribution in [1.82, 2.24) is 14.3 Å². The zero-order valence-electron chi connectivity index (χ0n) is 14.8. The molecule has 0 radical (unpaired) electrons. The maximum absolute atomic E-state index is 12.7. The summed E-state index contributed by atoms with van der Waals surface area (Å²) in [5, 5.41) is 0.941. The van der Waals surface area contributed by atoms with Gasteiger partial charge in [-0.3, -0.25) is 4.79 Å². The standard InChI is InChI=1S/C18H24N4O2S/c1-14-5-3-6-15(13-14)17(23)21-8-4-9-22(11-10-21)18-19-16(20-25-18)7-12-24-2/h3,5-6,13H,4,7-12H2,1-2H3. The maximum Gasteiger partial charge on any atom is 0.253 e. The van der Waals surface area contributed by atoms with Crippen LogP contribution in [0.25, 0.3) is 0 Å². The summed E-state index contributed by atoms with van der Waals surface area (Å²) < 4.78 is 9.48. The lowest BCUT2D eigenvalue weighted by molar-refractivity contribution is 0.0767. The van der Waals surface area contributed by atoms with E-state index in [1.54, 1.807) is 7.11 Å². The molecule has 0 bridgehead atoms. The van der Waals surface area contributed by atoms with E-state index in [0.717, 1.165) is 54.6 Å². The van der Waals surface area contributed by atoms with Gasteiger partial charge in [0.05, 0.1) is 6.61 Å². The van der Waals surface area contributed by atoms with Crippen LogP contribution in [0.3, 0.4) is 0 Å². The van der Waals surface area contributed by atoms with E-state index < -0.39 is 0 Å². The van der Waals surface area contributed by atoms with Crippen LogP contribution in [0, 0.1) is 6.92 Å². The first kappa shape index (κ1) is 17.8. The van der Waals surface area contributed by atoms with Crippen molar-refractivity contribution in [2.24, 2.45) is 0 Å². The molecule has 1 aromatic heterocycles. The second-order valence-electron chi connectivity index (χ2n) is 6.24. The normalized spacial score (nSPS) is 15.3. The molecule has 25 heavy (non-hydrogen) atoms. The molecule has 0 saturated carbocycles. The monoisotopic (exact) mass is 360 g/mol. The number of hydrogen-bond donors (Lipinski definition) is 0. The zero-order chi connectivity index (χ0) is 17.6. The third-order valence-corrected chi connectivity index (χ3v) is 5.12. The quantitative estimate of drug-likeness (QED) is 0.819. The van der Waals surface area contributed by atoms with Crippen molar-refractivity contribution in [3.8, 4) is 0 Å². The summed E-state index contributed by atoms with van der Waals surface area (Å²) in [5.41, 5.74) is 1.88. The molecule has 134 valence electrons. The molecule has 6 nitrogen and oxygen atoms in total. The van der Waals surface area contributed by atoms with E-state index in [0.29, 0.717) is 13.2 Å². The fourth-order valence-corrected chi connectivity index (χ4v) is 3.70. The van der Waals surface area contributed by atoms with Gasteiger partial charge in [-0.15, -0.1) is 0 Å². The number of ether oxygens (including phenoxy) is 1. The highest BCUT2D eigenvalue weighted by atomic mass is 32.1. The van der Waals surface area contributed by atoms with Gasteiger partial charge in [0.1, 0.15) is 5.82 Å². The second-order valence-corrected chi connectivity index (χ2v) is 6.97. The van der Waals surface area contributed by atoms with Gasteiger partial charge in [0.15, 0.2) is 0 Å². The second kappa shape index (κ2) is 8.40. The molecule has 3 rings (SSSR count). The minimum atomic E-state index is 0.114. The number of rotatable bonds is 5. The first-order valence-electron chi connectivity index (χ1n) is 8.60. The zero-order valence-corrected chi connectivity index (χ0v) is 15.6. The summed E-state index contributed by atoms with van der Waals surface area (Å²) in [4.78, 5) is 21.5. The largest absolute Gasteiger partial charge is 0.384 e. The molecule has 1 aliphatic rings. The van der Waals surface area contributed by atoms with E-state index in [1.807, 2.05) is 36.1 Å². The van der Waals surface area contributed by atoms with Crippen LogP contribution in [0.2, 0.25) is 0 Å². The molecule has 2 aromatic rings. The van der Waals surface area contributed by atoms with Crippen LogP contribution >= 0.6 is 11.5 Å². The van der Waals surface area contributed by atoms with Crippen LogP contribution in [0.15, 0.2) is 24.3 Å². The summed E-state index contributed by atoms with van der Waals surface area (Å²) in [6, 6.07) is 7.80. The molecular formula is C18H24N4O2S. The number of carbonyl (C=O) groups is 1. The highest BCUT2D eigenvalue weighted by Gasteiger charge is 2.22. The van der Waals surface area contributed by atoms with E-state index in [2.05, 4.69) is 14.3 Å². The Morgan fingerprint density at radius 2 is 2.16 bits per heavy atom. The van der Waals surface area contributed by atoms with Gasteiger partial charge >= 0.3 is 0 Å². The molecule has 2 heterocycles. The third-order valence-electron chi connectivity index (χ3n) is 4.31. The van der Waals surface area contributed by atoms with E-state index in [-0.39, 0.29) is 5.91 Å². The number of amides is 1. The lowest BCUT2D eigenvalue weighted by Gasteiger charge is -2.21. The molecule has 1 amide bonds. The lowest BCUT2D eigenvalue weighted by atomic mass is 10.1. The Bertz CT molecular complexity index is 719. The van der Waals surface area contributed by atoms with Gasteiger partial charge in [-0.05, 0) is 25.5 Å². The Balaban J connectivity index is 1.62. The van der Waals surface area contributed by atoms with Crippen molar-refractivity contribution in [3.05, 3.63) is 41.2 Å². The lowest BCUT2D eigenvalue weighted by Crippen LogP contribution is -2.35. The van der Waals surface area contributed by atoms with Crippen molar-refractivity contribution < 1.29 is 9.53 Å². The Labute approximate surface area is 152 Å². The topological polar surface area (TPSA) is 58.6 Å². The van der Waals surface area contributed by atoms with Crippen molar-refractivity contribution in [3.63, 3.8) is 0 Å². The van der Waals surface area contributed by atoms with Crippen LogP contribution in [0.5, 0.6) is 0 Å². The average molecular weight is 360 g/mol. The van der Waals surface area contributed by atoms with E-state index in [9.17, 15) is 4.79 Å². The van der Waals surface area contributed by atoms with E-state index in [1.165, 1.54) is 11.5 Å². The smallest absolute Gasteiger partial charge is 0.253 e. The molecule has 0 spiro atoms. The maximum atomic E-state index is 12.7. The van der Waals surface area contributed by atoms with Crippen molar-refractivity contribution in [2.75, 3.05) is 44.8 Å². The van der Waals surface area contributed by atoms with Gasteiger partial charge in [-0.2, -0.15) is 4.37 Å². The fourth-order valence-electron chi connectivity index (χ4n) is 2.94. The van der Waals surface area contributed by atoms with Gasteiger partial charge in [0, 0.05) is 56.8 Å². The van der Waals surface area contributed by atoms with Crippen LogP contribution in [-0.2, 0) is 11.2 Å². The molecule has 1 saturated heterocycles. The molecule has 1 fully saturated rings. The summed E-state index contributed by atoms with van der Waals surface area (Å²) in [7, 11) is 1.68. The van der Waals surface area contributed by atoms with Gasteiger partial charge in [-0.25, -0.2) is 4.98 Å². The van der Waals surface area contributed by atoms with E-state index >= 15 is 0 Å². The summed E-state index contributed by atoms with van der Waals surface area (Å²) in [5.74, 6) is 0.947. The van der Waals surface area contributed by atoms with Crippen LogP contribution < -0.4 is 4.90 Å². The Hall–Kier alpha value is -1.99. The minimum absolute atomic E-state index is 0.114. The predicted octanol–water partition coefficient (Wildman–Crippen LogP) is 2.39. The van der Waals surface area contributed by atoms with Gasteiger partial charge < -0.3 is 14.5 Å². The van der Waals surface area contributed by atoms with Gasteiger partial charge in [-0.1, -0.05) is 17.7 Å². The van der Waals surface area contributed by atoms with Crippen molar-refractivity contribution >= 4 is 22.6 Å².